The van der Waals surface area contributed by atoms with Gasteiger partial charge in [-0.25, -0.2) is 0 Å². The van der Waals surface area contributed by atoms with E-state index in [0.29, 0.717) is 29.4 Å². The van der Waals surface area contributed by atoms with E-state index in [9.17, 15) is 9.59 Å². The Balaban J connectivity index is 2.01. The number of carbonyl (C=O) groups is 2. The van der Waals surface area contributed by atoms with Crippen molar-refractivity contribution in [2.45, 2.75) is 64.1 Å². The molecule has 1 saturated carbocycles. The molecule has 1 atom stereocenters. The maximum absolute atomic E-state index is 13.8. The first kappa shape index (κ1) is 27.7. The summed E-state index contributed by atoms with van der Waals surface area (Å²) in [4.78, 5) is 28.5. The lowest BCUT2D eigenvalue weighted by atomic mass is 9.94. The zero-order valence-corrected chi connectivity index (χ0v) is 22.2. The van der Waals surface area contributed by atoms with Gasteiger partial charge in [0.1, 0.15) is 17.7 Å². The first-order valence-corrected chi connectivity index (χ1v) is 13.1. The van der Waals surface area contributed by atoms with Gasteiger partial charge in [-0.2, -0.15) is 0 Å². The second kappa shape index (κ2) is 14.0. The molecule has 1 aliphatic carbocycles. The number of hydrogen-bond acceptors (Lipinski definition) is 5. The molecule has 1 aliphatic rings. The SMILES string of the molecule is CCCOc1ccc(C(C(=O)NC2CCCCC2)N(Cc2cccc(OC)c2)C(=O)CCl)cc1OC. The highest BCUT2D eigenvalue weighted by Crippen LogP contribution is 2.34. The average molecular weight is 517 g/mol. The number of alkyl halides is 1. The zero-order valence-electron chi connectivity index (χ0n) is 21.4. The van der Waals surface area contributed by atoms with Gasteiger partial charge in [-0.1, -0.05) is 44.4 Å². The fraction of sp³-hybridized carbons (Fsp3) is 0.500. The van der Waals surface area contributed by atoms with Crippen molar-refractivity contribution in [1.82, 2.24) is 10.2 Å². The van der Waals surface area contributed by atoms with Crippen LogP contribution in [0, 0.1) is 0 Å². The number of rotatable bonds is 12. The highest BCUT2D eigenvalue weighted by atomic mass is 35.5. The molecular formula is C28H37ClN2O5. The Morgan fingerprint density at radius 3 is 2.50 bits per heavy atom. The van der Waals surface area contributed by atoms with Crippen LogP contribution >= 0.6 is 11.6 Å². The number of halogens is 1. The summed E-state index contributed by atoms with van der Waals surface area (Å²) in [5, 5.41) is 3.20. The Bertz CT molecular complexity index is 1010. The zero-order chi connectivity index (χ0) is 25.9. The van der Waals surface area contributed by atoms with Crippen LogP contribution in [0.15, 0.2) is 42.5 Å². The molecule has 2 aromatic rings. The minimum Gasteiger partial charge on any atom is -0.497 e. The van der Waals surface area contributed by atoms with Gasteiger partial charge in [0.05, 0.1) is 20.8 Å². The summed E-state index contributed by atoms with van der Waals surface area (Å²) in [6.07, 6.45) is 6.08. The lowest BCUT2D eigenvalue weighted by molar-refractivity contribution is -0.140. The van der Waals surface area contributed by atoms with Crippen molar-refractivity contribution < 1.29 is 23.8 Å². The number of carbonyl (C=O) groups excluding carboxylic acids is 2. The third kappa shape index (κ3) is 7.29. The number of hydrogen-bond donors (Lipinski definition) is 1. The molecule has 0 saturated heterocycles. The molecule has 0 radical (unpaired) electrons. The van der Waals surface area contributed by atoms with E-state index in [4.69, 9.17) is 25.8 Å². The van der Waals surface area contributed by atoms with Crippen LogP contribution in [0.1, 0.15) is 62.6 Å². The standard InChI is InChI=1S/C28H37ClN2O5/c1-4-15-36-24-14-13-21(17-25(24)35-3)27(28(33)30-22-10-6-5-7-11-22)31(26(32)18-29)19-20-9-8-12-23(16-20)34-2/h8-9,12-14,16-17,22,27H,4-7,10-11,15,18-19H2,1-3H3,(H,30,33). The highest BCUT2D eigenvalue weighted by Gasteiger charge is 2.33. The third-order valence-electron chi connectivity index (χ3n) is 6.40. The molecule has 3 rings (SSSR count). The summed E-state index contributed by atoms with van der Waals surface area (Å²) in [6, 6.07) is 12.0. The normalized spacial score (nSPS) is 14.6. The van der Waals surface area contributed by atoms with E-state index < -0.39 is 6.04 Å². The summed E-state index contributed by atoms with van der Waals surface area (Å²) in [5.74, 6) is 0.967. The smallest absolute Gasteiger partial charge is 0.247 e. The molecule has 1 unspecified atom stereocenters. The molecule has 0 spiro atoms. The fourth-order valence-corrected chi connectivity index (χ4v) is 4.71. The van der Waals surface area contributed by atoms with Gasteiger partial charge in [-0.05, 0) is 54.7 Å². The molecular weight excluding hydrogens is 480 g/mol. The van der Waals surface area contributed by atoms with E-state index >= 15 is 0 Å². The molecule has 1 fully saturated rings. The Morgan fingerprint density at radius 2 is 1.83 bits per heavy atom. The molecule has 0 aliphatic heterocycles. The van der Waals surface area contributed by atoms with E-state index in [1.54, 1.807) is 26.4 Å². The van der Waals surface area contributed by atoms with E-state index in [-0.39, 0.29) is 30.3 Å². The van der Waals surface area contributed by atoms with Crippen LogP contribution in [-0.2, 0) is 16.1 Å². The number of methoxy groups -OCH3 is 2. The quantitative estimate of drug-likeness (QED) is 0.390. The maximum Gasteiger partial charge on any atom is 0.247 e. The largest absolute Gasteiger partial charge is 0.497 e. The van der Waals surface area contributed by atoms with Crippen molar-refractivity contribution in [3.63, 3.8) is 0 Å². The van der Waals surface area contributed by atoms with Crippen LogP contribution < -0.4 is 19.5 Å². The Kier molecular flexibility index (Phi) is 10.7. The summed E-state index contributed by atoms with van der Waals surface area (Å²) < 4.78 is 16.7. The number of nitrogens with one attached hydrogen (secondary N) is 1. The van der Waals surface area contributed by atoms with Crippen molar-refractivity contribution in [1.29, 1.82) is 0 Å². The van der Waals surface area contributed by atoms with Crippen LogP contribution in [0.2, 0.25) is 0 Å². The van der Waals surface area contributed by atoms with Crippen molar-refractivity contribution >= 4 is 23.4 Å². The number of amides is 2. The van der Waals surface area contributed by atoms with Crippen molar-refractivity contribution in [3.8, 4) is 17.2 Å². The monoisotopic (exact) mass is 516 g/mol. The number of nitrogens with zero attached hydrogens (tertiary/aromatic N) is 1. The van der Waals surface area contributed by atoms with Gasteiger partial charge in [0.2, 0.25) is 11.8 Å². The molecule has 0 bridgehead atoms. The average Bonchev–Trinajstić information content (AvgIpc) is 2.92. The number of benzene rings is 2. The summed E-state index contributed by atoms with van der Waals surface area (Å²) >= 11 is 6.05. The molecule has 2 amide bonds. The Hall–Kier alpha value is -2.93. The molecule has 196 valence electrons. The first-order valence-electron chi connectivity index (χ1n) is 12.6. The van der Waals surface area contributed by atoms with Crippen LogP contribution in [0.25, 0.3) is 0 Å². The maximum atomic E-state index is 13.8. The highest BCUT2D eigenvalue weighted by molar-refractivity contribution is 6.27. The first-order chi connectivity index (χ1) is 17.5. The van der Waals surface area contributed by atoms with Gasteiger partial charge >= 0.3 is 0 Å². The van der Waals surface area contributed by atoms with Crippen LogP contribution in [0.5, 0.6) is 17.2 Å². The Labute approximate surface area is 219 Å². The van der Waals surface area contributed by atoms with E-state index in [1.807, 2.05) is 37.3 Å². The lowest BCUT2D eigenvalue weighted by Crippen LogP contribution is -2.47. The van der Waals surface area contributed by atoms with Crippen LogP contribution in [0.4, 0.5) is 0 Å². The molecule has 1 N–H and O–H groups in total. The Morgan fingerprint density at radius 1 is 1.06 bits per heavy atom. The summed E-state index contributed by atoms with van der Waals surface area (Å²) in [7, 11) is 3.16. The van der Waals surface area contributed by atoms with Gasteiger partial charge < -0.3 is 24.4 Å². The van der Waals surface area contributed by atoms with Gasteiger partial charge in [-0.3, -0.25) is 9.59 Å². The molecule has 36 heavy (non-hydrogen) atoms. The summed E-state index contributed by atoms with van der Waals surface area (Å²) in [6.45, 7) is 2.77. The predicted molar refractivity (Wildman–Crippen MR) is 141 cm³/mol. The van der Waals surface area contributed by atoms with Crippen molar-refractivity contribution in [2.24, 2.45) is 0 Å². The van der Waals surface area contributed by atoms with Crippen molar-refractivity contribution in [3.05, 3.63) is 53.6 Å². The molecule has 7 nitrogen and oxygen atoms in total. The molecule has 8 heteroatoms. The van der Waals surface area contributed by atoms with Gasteiger partial charge in [0.15, 0.2) is 11.5 Å². The van der Waals surface area contributed by atoms with Gasteiger partial charge in [-0.15, -0.1) is 11.6 Å². The molecule has 2 aromatic carbocycles. The fourth-order valence-electron chi connectivity index (χ4n) is 4.55. The third-order valence-corrected chi connectivity index (χ3v) is 6.63. The number of ether oxygens (including phenoxy) is 3. The second-order valence-corrected chi connectivity index (χ2v) is 9.28. The van der Waals surface area contributed by atoms with Gasteiger partial charge in [0, 0.05) is 12.6 Å². The van der Waals surface area contributed by atoms with Crippen LogP contribution in [0.3, 0.4) is 0 Å². The minimum atomic E-state index is -0.890. The van der Waals surface area contributed by atoms with E-state index in [0.717, 1.165) is 37.7 Å². The van der Waals surface area contributed by atoms with Crippen molar-refractivity contribution in [2.75, 3.05) is 26.7 Å². The summed E-state index contributed by atoms with van der Waals surface area (Å²) in [5.41, 5.74) is 1.46. The second-order valence-electron chi connectivity index (χ2n) is 9.01. The molecule has 0 heterocycles. The lowest BCUT2D eigenvalue weighted by Gasteiger charge is -2.33. The minimum absolute atomic E-state index is 0.0904. The topological polar surface area (TPSA) is 77.1 Å². The van der Waals surface area contributed by atoms with Gasteiger partial charge in [0.25, 0.3) is 0 Å². The van der Waals surface area contributed by atoms with E-state index in [1.165, 1.54) is 11.3 Å². The predicted octanol–water partition coefficient (Wildman–Crippen LogP) is 5.25. The molecule has 0 aromatic heterocycles. The van der Waals surface area contributed by atoms with E-state index in [2.05, 4.69) is 5.32 Å². The van der Waals surface area contributed by atoms with Crippen LogP contribution in [-0.4, -0.2) is 49.5 Å².